The van der Waals surface area contributed by atoms with Gasteiger partial charge < -0.3 is 24.5 Å². The number of amides is 2. The SMILES string of the molecule is Cc1ccc(C(CNC(=O)NCc2ccc(OC(F)F)cc2)N2CCOCC2)o1. The molecule has 1 saturated heterocycles. The number of nitrogens with zero attached hydrogens (tertiary/aromatic N) is 1. The first-order chi connectivity index (χ1) is 14.0. The van der Waals surface area contributed by atoms with Gasteiger partial charge in [0.25, 0.3) is 0 Å². The Kier molecular flexibility index (Phi) is 7.42. The fourth-order valence-corrected chi connectivity index (χ4v) is 3.15. The molecule has 0 spiro atoms. The molecule has 0 saturated carbocycles. The average molecular weight is 409 g/mol. The molecule has 2 amide bonds. The van der Waals surface area contributed by atoms with Crippen molar-refractivity contribution < 1.29 is 27.5 Å². The van der Waals surface area contributed by atoms with Crippen molar-refractivity contribution in [3.8, 4) is 5.75 Å². The monoisotopic (exact) mass is 409 g/mol. The van der Waals surface area contributed by atoms with Crippen LogP contribution < -0.4 is 15.4 Å². The molecule has 1 aromatic heterocycles. The summed E-state index contributed by atoms with van der Waals surface area (Å²) < 4.78 is 39.9. The molecule has 29 heavy (non-hydrogen) atoms. The maximum absolute atomic E-state index is 12.2. The molecule has 3 rings (SSSR count). The number of hydrogen-bond acceptors (Lipinski definition) is 5. The number of hydrogen-bond donors (Lipinski definition) is 2. The van der Waals surface area contributed by atoms with E-state index in [2.05, 4.69) is 20.3 Å². The zero-order valence-electron chi connectivity index (χ0n) is 16.2. The molecule has 0 aliphatic carbocycles. The van der Waals surface area contributed by atoms with Crippen LogP contribution in [0.25, 0.3) is 0 Å². The minimum atomic E-state index is -2.86. The van der Waals surface area contributed by atoms with Crippen molar-refractivity contribution in [1.29, 1.82) is 0 Å². The first-order valence-corrected chi connectivity index (χ1v) is 9.45. The number of nitrogens with one attached hydrogen (secondary N) is 2. The smallest absolute Gasteiger partial charge is 0.387 e. The van der Waals surface area contributed by atoms with Gasteiger partial charge in [0.15, 0.2) is 0 Å². The number of benzene rings is 1. The highest BCUT2D eigenvalue weighted by Crippen LogP contribution is 2.23. The van der Waals surface area contributed by atoms with Crippen molar-refractivity contribution in [1.82, 2.24) is 15.5 Å². The summed E-state index contributed by atoms with van der Waals surface area (Å²) in [6.07, 6.45) is 0. The third-order valence-electron chi connectivity index (χ3n) is 4.63. The summed E-state index contributed by atoms with van der Waals surface area (Å²) >= 11 is 0. The number of aryl methyl sites for hydroxylation is 1. The van der Waals surface area contributed by atoms with Gasteiger partial charge in [0.1, 0.15) is 17.3 Å². The fourth-order valence-electron chi connectivity index (χ4n) is 3.15. The van der Waals surface area contributed by atoms with Crippen molar-refractivity contribution in [2.75, 3.05) is 32.8 Å². The van der Waals surface area contributed by atoms with E-state index in [0.717, 1.165) is 30.2 Å². The maximum Gasteiger partial charge on any atom is 0.387 e. The van der Waals surface area contributed by atoms with Crippen LogP contribution in [0.15, 0.2) is 40.8 Å². The number of halogens is 2. The summed E-state index contributed by atoms with van der Waals surface area (Å²) in [6.45, 7) is 2.51. The molecule has 1 aromatic carbocycles. The number of rotatable bonds is 8. The molecule has 158 valence electrons. The minimum absolute atomic E-state index is 0.0790. The predicted molar refractivity (Wildman–Crippen MR) is 102 cm³/mol. The van der Waals surface area contributed by atoms with Gasteiger partial charge in [-0.3, -0.25) is 4.90 Å². The Morgan fingerprint density at radius 1 is 1.14 bits per heavy atom. The Morgan fingerprint density at radius 3 is 2.48 bits per heavy atom. The van der Waals surface area contributed by atoms with Gasteiger partial charge in [-0.1, -0.05) is 12.1 Å². The molecule has 2 heterocycles. The zero-order chi connectivity index (χ0) is 20.6. The van der Waals surface area contributed by atoms with Crippen molar-refractivity contribution in [3.63, 3.8) is 0 Å². The van der Waals surface area contributed by atoms with Crippen LogP contribution in [0.2, 0.25) is 0 Å². The van der Waals surface area contributed by atoms with Crippen LogP contribution in [0.4, 0.5) is 13.6 Å². The minimum Gasteiger partial charge on any atom is -0.465 e. The van der Waals surface area contributed by atoms with E-state index in [9.17, 15) is 13.6 Å². The van der Waals surface area contributed by atoms with Gasteiger partial charge in [0, 0.05) is 26.2 Å². The zero-order valence-corrected chi connectivity index (χ0v) is 16.2. The van der Waals surface area contributed by atoms with Crippen LogP contribution in [-0.4, -0.2) is 50.4 Å². The van der Waals surface area contributed by atoms with Crippen molar-refractivity contribution in [2.45, 2.75) is 26.1 Å². The van der Waals surface area contributed by atoms with Gasteiger partial charge in [0.2, 0.25) is 0 Å². The van der Waals surface area contributed by atoms with E-state index in [-0.39, 0.29) is 24.4 Å². The van der Waals surface area contributed by atoms with E-state index in [1.165, 1.54) is 12.1 Å². The highest BCUT2D eigenvalue weighted by molar-refractivity contribution is 5.73. The van der Waals surface area contributed by atoms with E-state index in [1.54, 1.807) is 12.1 Å². The first-order valence-electron chi connectivity index (χ1n) is 9.45. The van der Waals surface area contributed by atoms with Gasteiger partial charge in [-0.15, -0.1) is 0 Å². The lowest BCUT2D eigenvalue weighted by molar-refractivity contribution is -0.0498. The standard InChI is InChI=1S/C20H25F2N3O4/c1-14-2-7-18(28-14)17(25-8-10-27-11-9-25)13-24-20(26)23-12-15-3-5-16(6-4-15)29-19(21)22/h2-7,17,19H,8-13H2,1H3,(H2,23,24,26). The van der Waals surface area contributed by atoms with Crippen LogP contribution in [0.1, 0.15) is 23.1 Å². The quantitative estimate of drug-likeness (QED) is 0.701. The number of carbonyl (C=O) groups is 1. The number of carbonyl (C=O) groups excluding carboxylic acids is 1. The van der Waals surface area contributed by atoms with E-state index >= 15 is 0 Å². The second-order valence-corrected chi connectivity index (χ2v) is 6.70. The van der Waals surface area contributed by atoms with Crippen molar-refractivity contribution >= 4 is 6.03 Å². The highest BCUT2D eigenvalue weighted by atomic mass is 19.3. The molecule has 9 heteroatoms. The summed E-state index contributed by atoms with van der Waals surface area (Å²) in [5, 5.41) is 5.64. The van der Waals surface area contributed by atoms with Crippen LogP contribution in [0.5, 0.6) is 5.75 Å². The van der Waals surface area contributed by atoms with E-state index in [0.29, 0.717) is 19.8 Å². The third-order valence-corrected chi connectivity index (χ3v) is 4.63. The largest absolute Gasteiger partial charge is 0.465 e. The lowest BCUT2D eigenvalue weighted by Crippen LogP contribution is -2.45. The maximum atomic E-state index is 12.2. The molecular weight excluding hydrogens is 384 g/mol. The Balaban J connectivity index is 1.50. The topological polar surface area (TPSA) is 76.0 Å². The third kappa shape index (κ3) is 6.43. The lowest BCUT2D eigenvalue weighted by atomic mass is 10.1. The molecule has 1 aliphatic heterocycles. The highest BCUT2D eigenvalue weighted by Gasteiger charge is 2.25. The molecule has 2 aromatic rings. The fraction of sp³-hybridized carbons (Fsp3) is 0.450. The Bertz CT molecular complexity index is 776. The molecule has 1 unspecified atom stereocenters. The van der Waals surface area contributed by atoms with Crippen LogP contribution in [-0.2, 0) is 11.3 Å². The summed E-state index contributed by atoms with van der Waals surface area (Å²) in [5.74, 6) is 1.71. The van der Waals surface area contributed by atoms with Crippen LogP contribution >= 0.6 is 0 Å². The summed E-state index contributed by atoms with van der Waals surface area (Å²) in [4.78, 5) is 14.5. The number of alkyl halides is 2. The number of morpholine rings is 1. The second-order valence-electron chi connectivity index (χ2n) is 6.70. The number of furan rings is 1. The molecule has 7 nitrogen and oxygen atoms in total. The first kappa shape index (κ1) is 21.1. The summed E-state index contributed by atoms with van der Waals surface area (Å²) in [6, 6.07) is 9.57. The Labute approximate surface area is 168 Å². The Hall–Kier alpha value is -2.65. The van der Waals surface area contributed by atoms with Crippen molar-refractivity contribution in [3.05, 3.63) is 53.5 Å². The molecule has 0 bridgehead atoms. The molecule has 2 N–H and O–H groups in total. The molecule has 0 radical (unpaired) electrons. The molecular formula is C20H25F2N3O4. The van der Waals surface area contributed by atoms with Gasteiger partial charge in [-0.2, -0.15) is 8.78 Å². The van der Waals surface area contributed by atoms with Crippen LogP contribution in [0, 0.1) is 6.92 Å². The average Bonchev–Trinajstić information content (AvgIpc) is 3.14. The lowest BCUT2D eigenvalue weighted by Gasteiger charge is -2.33. The predicted octanol–water partition coefficient (Wildman–Crippen LogP) is 3.06. The van der Waals surface area contributed by atoms with Gasteiger partial charge >= 0.3 is 12.6 Å². The Morgan fingerprint density at radius 2 is 1.86 bits per heavy atom. The second kappa shape index (κ2) is 10.2. The summed E-state index contributed by atoms with van der Waals surface area (Å²) in [5.41, 5.74) is 0.771. The number of ether oxygens (including phenoxy) is 2. The van der Waals surface area contributed by atoms with Gasteiger partial charge in [-0.25, -0.2) is 4.79 Å². The normalized spacial score (nSPS) is 15.9. The van der Waals surface area contributed by atoms with E-state index in [1.807, 2.05) is 19.1 Å². The number of urea groups is 1. The molecule has 1 fully saturated rings. The van der Waals surface area contributed by atoms with E-state index < -0.39 is 6.61 Å². The van der Waals surface area contributed by atoms with E-state index in [4.69, 9.17) is 9.15 Å². The molecule has 1 aliphatic rings. The van der Waals surface area contributed by atoms with Gasteiger partial charge in [0.05, 0.1) is 19.3 Å². The van der Waals surface area contributed by atoms with Crippen LogP contribution in [0.3, 0.4) is 0 Å². The molecule has 1 atom stereocenters. The summed E-state index contributed by atoms with van der Waals surface area (Å²) in [7, 11) is 0. The van der Waals surface area contributed by atoms with Gasteiger partial charge in [-0.05, 0) is 36.8 Å². The van der Waals surface area contributed by atoms with Crippen molar-refractivity contribution in [2.24, 2.45) is 0 Å².